The lowest BCUT2D eigenvalue weighted by atomic mass is 10.3. The quantitative estimate of drug-likeness (QED) is 0.389. The first kappa shape index (κ1) is 8.61. The molecule has 12 heavy (non-hydrogen) atoms. The van der Waals surface area contributed by atoms with Gasteiger partial charge in [0.25, 0.3) is 0 Å². The van der Waals surface area contributed by atoms with Crippen molar-refractivity contribution >= 4 is 23.5 Å². The third kappa shape index (κ3) is 3.07. The summed E-state index contributed by atoms with van der Waals surface area (Å²) >= 11 is 4.55. The van der Waals surface area contributed by atoms with Crippen LogP contribution in [0.25, 0.3) is 0 Å². The van der Waals surface area contributed by atoms with Crippen LogP contribution < -0.4 is 11.2 Å². The van der Waals surface area contributed by atoms with Gasteiger partial charge in [-0.05, 0) is 18.3 Å². The van der Waals surface area contributed by atoms with Crippen molar-refractivity contribution in [2.75, 3.05) is 0 Å². The zero-order chi connectivity index (χ0) is 8.81. The average Bonchev–Trinajstić information content (AvgIpc) is 2.05. The molecule has 0 unspecified atom stereocenters. The Morgan fingerprint density at radius 3 is 3.17 bits per heavy atom. The van der Waals surface area contributed by atoms with Crippen LogP contribution >= 0.6 is 12.2 Å². The standard InChI is InChI=1S/C7H8N4S/c8-7(12)11-10-5-6-2-1-3-9-4-6/h1-5H,(H3,8,11,12)/b10-5+. The van der Waals surface area contributed by atoms with E-state index in [0.29, 0.717) is 0 Å². The minimum Gasteiger partial charge on any atom is -0.375 e. The van der Waals surface area contributed by atoms with Gasteiger partial charge in [0.2, 0.25) is 0 Å². The Labute approximate surface area is 75.5 Å². The summed E-state index contributed by atoms with van der Waals surface area (Å²) < 4.78 is 0. The molecule has 0 aliphatic rings. The summed E-state index contributed by atoms with van der Waals surface area (Å²) in [6.07, 6.45) is 4.97. The van der Waals surface area contributed by atoms with Crippen molar-refractivity contribution < 1.29 is 0 Å². The van der Waals surface area contributed by atoms with Crippen LogP contribution in [0.3, 0.4) is 0 Å². The molecule has 0 amide bonds. The molecule has 0 atom stereocenters. The lowest BCUT2D eigenvalue weighted by molar-refractivity contribution is 1.04. The Balaban J connectivity index is 2.52. The number of hydrazone groups is 1. The van der Waals surface area contributed by atoms with Gasteiger partial charge in [-0.1, -0.05) is 6.07 Å². The average molecular weight is 180 g/mol. The summed E-state index contributed by atoms with van der Waals surface area (Å²) in [4.78, 5) is 3.90. The summed E-state index contributed by atoms with van der Waals surface area (Å²) in [5.41, 5.74) is 8.48. The smallest absolute Gasteiger partial charge is 0.184 e. The van der Waals surface area contributed by atoms with Gasteiger partial charge >= 0.3 is 0 Å². The third-order valence-electron chi connectivity index (χ3n) is 1.07. The molecule has 0 radical (unpaired) electrons. The predicted molar refractivity (Wildman–Crippen MR) is 51.8 cm³/mol. The van der Waals surface area contributed by atoms with Gasteiger partial charge in [-0.2, -0.15) is 5.10 Å². The zero-order valence-electron chi connectivity index (χ0n) is 6.27. The molecule has 0 fully saturated rings. The number of nitrogens with zero attached hydrogens (tertiary/aromatic N) is 2. The first-order valence-corrected chi connectivity index (χ1v) is 3.68. The molecule has 62 valence electrons. The highest BCUT2D eigenvalue weighted by Crippen LogP contribution is 1.89. The third-order valence-corrected chi connectivity index (χ3v) is 1.16. The molecule has 0 saturated carbocycles. The van der Waals surface area contributed by atoms with Crippen LogP contribution in [0.4, 0.5) is 0 Å². The number of nitrogens with one attached hydrogen (secondary N) is 1. The Morgan fingerprint density at radius 1 is 1.75 bits per heavy atom. The molecule has 0 aliphatic heterocycles. The second-order valence-corrected chi connectivity index (χ2v) is 2.46. The van der Waals surface area contributed by atoms with E-state index in [1.165, 1.54) is 0 Å². The van der Waals surface area contributed by atoms with Crippen molar-refractivity contribution in [2.45, 2.75) is 0 Å². The van der Waals surface area contributed by atoms with Gasteiger partial charge in [-0.25, -0.2) is 0 Å². The van der Waals surface area contributed by atoms with Crippen molar-refractivity contribution in [2.24, 2.45) is 10.8 Å². The van der Waals surface area contributed by atoms with Crippen molar-refractivity contribution in [3.8, 4) is 0 Å². The summed E-state index contributed by atoms with van der Waals surface area (Å²) in [7, 11) is 0. The number of aromatic nitrogens is 1. The van der Waals surface area contributed by atoms with E-state index in [1.807, 2.05) is 12.1 Å². The van der Waals surface area contributed by atoms with Crippen LogP contribution in [-0.4, -0.2) is 16.3 Å². The number of nitrogens with two attached hydrogens (primary N) is 1. The minimum absolute atomic E-state index is 0.148. The van der Waals surface area contributed by atoms with E-state index < -0.39 is 0 Å². The van der Waals surface area contributed by atoms with E-state index in [4.69, 9.17) is 5.73 Å². The topological polar surface area (TPSA) is 63.3 Å². The molecule has 0 spiro atoms. The molecule has 5 heteroatoms. The van der Waals surface area contributed by atoms with Gasteiger partial charge in [-0.3, -0.25) is 10.4 Å². The van der Waals surface area contributed by atoms with E-state index >= 15 is 0 Å². The number of thiocarbonyl (C=S) groups is 1. The summed E-state index contributed by atoms with van der Waals surface area (Å²) in [5.74, 6) is 0. The van der Waals surface area contributed by atoms with Gasteiger partial charge in [0.15, 0.2) is 5.11 Å². The van der Waals surface area contributed by atoms with E-state index in [2.05, 4.69) is 27.7 Å². The first-order valence-electron chi connectivity index (χ1n) is 3.27. The second kappa shape index (κ2) is 4.40. The summed E-state index contributed by atoms with van der Waals surface area (Å²) in [6.45, 7) is 0. The monoisotopic (exact) mass is 180 g/mol. The highest BCUT2D eigenvalue weighted by molar-refractivity contribution is 7.80. The largest absolute Gasteiger partial charge is 0.375 e. The predicted octanol–water partition coefficient (Wildman–Crippen LogP) is 0.249. The van der Waals surface area contributed by atoms with Crippen LogP contribution in [0.15, 0.2) is 29.6 Å². The van der Waals surface area contributed by atoms with Crippen molar-refractivity contribution in [1.29, 1.82) is 0 Å². The molecule has 0 aromatic carbocycles. The number of pyridine rings is 1. The minimum atomic E-state index is 0.148. The maximum Gasteiger partial charge on any atom is 0.184 e. The maximum absolute atomic E-state index is 5.15. The van der Waals surface area contributed by atoms with Crippen LogP contribution in [0, 0.1) is 0 Å². The van der Waals surface area contributed by atoms with E-state index in [1.54, 1.807) is 18.6 Å². The Bertz CT molecular complexity index is 283. The molecular formula is C7H8N4S. The fourth-order valence-corrected chi connectivity index (χ4v) is 0.675. The van der Waals surface area contributed by atoms with Gasteiger partial charge in [-0.15, -0.1) is 0 Å². The molecule has 1 rings (SSSR count). The Hall–Kier alpha value is -1.49. The normalized spacial score (nSPS) is 10.0. The second-order valence-electron chi connectivity index (χ2n) is 2.02. The number of rotatable bonds is 2. The summed E-state index contributed by atoms with van der Waals surface area (Å²) in [5, 5.41) is 3.91. The van der Waals surface area contributed by atoms with E-state index in [0.717, 1.165) is 5.56 Å². The first-order chi connectivity index (χ1) is 5.79. The molecule has 1 aromatic rings. The molecule has 0 bridgehead atoms. The maximum atomic E-state index is 5.15. The molecule has 0 saturated heterocycles. The highest BCUT2D eigenvalue weighted by atomic mass is 32.1. The SMILES string of the molecule is NC(=S)N/N=C/c1cccnc1. The van der Waals surface area contributed by atoms with E-state index in [-0.39, 0.29) is 5.11 Å². The van der Waals surface area contributed by atoms with Crippen molar-refractivity contribution in [1.82, 2.24) is 10.4 Å². The lowest BCUT2D eigenvalue weighted by Crippen LogP contribution is -2.23. The number of hydrogen-bond donors (Lipinski definition) is 2. The van der Waals surface area contributed by atoms with Crippen molar-refractivity contribution in [3.05, 3.63) is 30.1 Å². The van der Waals surface area contributed by atoms with Crippen molar-refractivity contribution in [3.63, 3.8) is 0 Å². The van der Waals surface area contributed by atoms with Crippen LogP contribution in [0.1, 0.15) is 5.56 Å². The zero-order valence-corrected chi connectivity index (χ0v) is 7.08. The van der Waals surface area contributed by atoms with Crippen LogP contribution in [-0.2, 0) is 0 Å². The van der Waals surface area contributed by atoms with Gasteiger partial charge in [0.05, 0.1) is 6.21 Å². The molecular weight excluding hydrogens is 172 g/mol. The Kier molecular flexibility index (Phi) is 3.16. The fourth-order valence-electron chi connectivity index (χ4n) is 0.623. The van der Waals surface area contributed by atoms with Gasteiger partial charge < -0.3 is 5.73 Å². The molecule has 0 aliphatic carbocycles. The van der Waals surface area contributed by atoms with Crippen LogP contribution in [0.5, 0.6) is 0 Å². The van der Waals surface area contributed by atoms with E-state index in [9.17, 15) is 0 Å². The molecule has 1 aromatic heterocycles. The fraction of sp³-hybridized carbons (Fsp3) is 0. The molecule has 3 N–H and O–H groups in total. The number of hydrogen-bond acceptors (Lipinski definition) is 3. The van der Waals surface area contributed by atoms with Gasteiger partial charge in [0, 0.05) is 18.0 Å². The van der Waals surface area contributed by atoms with Crippen LogP contribution in [0.2, 0.25) is 0 Å². The lowest BCUT2D eigenvalue weighted by Gasteiger charge is -1.93. The summed E-state index contributed by atoms with van der Waals surface area (Å²) in [6, 6.07) is 3.69. The molecule has 1 heterocycles. The Morgan fingerprint density at radius 2 is 2.58 bits per heavy atom. The van der Waals surface area contributed by atoms with Gasteiger partial charge in [0.1, 0.15) is 0 Å². The molecule has 4 nitrogen and oxygen atoms in total. The highest BCUT2D eigenvalue weighted by Gasteiger charge is 1.83.